The smallest absolute Gasteiger partial charge is 0.229 e. The lowest BCUT2D eigenvalue weighted by Gasteiger charge is -2.21. The standard InChI is InChI=1S/C22H30ClN5O2/c1-2-11-30-12-5-10-25-20-8-3-7-19(27-20)17-13-21(26-15-18(17)23)28-22(29)16-6-4-9-24-14-16/h3,7-8,13,15-16,24H,2,4-6,9-12,14H2,1H3,(H,25,27)(H,26,28,29). The van der Waals surface area contributed by atoms with Crippen molar-refractivity contribution in [3.8, 4) is 11.3 Å². The lowest BCUT2D eigenvalue weighted by Crippen LogP contribution is -2.37. The summed E-state index contributed by atoms with van der Waals surface area (Å²) in [6, 6.07) is 7.53. The summed E-state index contributed by atoms with van der Waals surface area (Å²) in [5.74, 6) is 1.20. The first-order valence-corrected chi connectivity index (χ1v) is 11.0. The van der Waals surface area contributed by atoms with E-state index in [9.17, 15) is 4.79 Å². The predicted octanol–water partition coefficient (Wildman–Crippen LogP) is 3.96. The van der Waals surface area contributed by atoms with Crippen LogP contribution in [0, 0.1) is 5.92 Å². The van der Waals surface area contributed by atoms with Gasteiger partial charge < -0.3 is 20.7 Å². The van der Waals surface area contributed by atoms with Gasteiger partial charge >= 0.3 is 0 Å². The molecule has 3 heterocycles. The lowest BCUT2D eigenvalue weighted by molar-refractivity contribution is -0.120. The van der Waals surface area contributed by atoms with Crippen LogP contribution >= 0.6 is 11.6 Å². The van der Waals surface area contributed by atoms with E-state index < -0.39 is 0 Å². The van der Waals surface area contributed by atoms with Gasteiger partial charge in [-0.2, -0.15) is 0 Å². The van der Waals surface area contributed by atoms with Crippen molar-refractivity contribution < 1.29 is 9.53 Å². The summed E-state index contributed by atoms with van der Waals surface area (Å²) in [6.45, 7) is 6.07. The molecule has 1 unspecified atom stereocenters. The van der Waals surface area contributed by atoms with Crippen molar-refractivity contribution in [3.63, 3.8) is 0 Å². The van der Waals surface area contributed by atoms with Gasteiger partial charge in [-0.05, 0) is 50.4 Å². The first kappa shape index (κ1) is 22.5. The molecular formula is C22H30ClN5O2. The highest BCUT2D eigenvalue weighted by Crippen LogP contribution is 2.29. The molecule has 0 spiro atoms. The third-order valence-corrected chi connectivity index (χ3v) is 5.22. The summed E-state index contributed by atoms with van der Waals surface area (Å²) in [5, 5.41) is 9.98. The molecule has 0 radical (unpaired) electrons. The van der Waals surface area contributed by atoms with Crippen LogP contribution in [0.2, 0.25) is 5.02 Å². The number of nitrogens with one attached hydrogen (secondary N) is 3. The fraction of sp³-hybridized carbons (Fsp3) is 0.500. The van der Waals surface area contributed by atoms with E-state index in [1.165, 1.54) is 0 Å². The van der Waals surface area contributed by atoms with Gasteiger partial charge in [0.2, 0.25) is 5.91 Å². The molecule has 1 saturated heterocycles. The third-order valence-electron chi connectivity index (χ3n) is 4.92. The molecule has 7 nitrogen and oxygen atoms in total. The molecular weight excluding hydrogens is 402 g/mol. The second-order valence-corrected chi connectivity index (χ2v) is 7.79. The topological polar surface area (TPSA) is 88.2 Å². The summed E-state index contributed by atoms with van der Waals surface area (Å²) in [7, 11) is 0. The van der Waals surface area contributed by atoms with Gasteiger partial charge in [0.1, 0.15) is 11.6 Å². The largest absolute Gasteiger partial charge is 0.381 e. The molecule has 1 aliphatic rings. The van der Waals surface area contributed by atoms with Gasteiger partial charge in [-0.1, -0.05) is 24.6 Å². The number of nitrogens with zero attached hydrogens (tertiary/aromatic N) is 2. The Balaban J connectivity index is 1.63. The number of piperidine rings is 1. The molecule has 3 N–H and O–H groups in total. The van der Waals surface area contributed by atoms with E-state index in [4.69, 9.17) is 16.3 Å². The zero-order valence-electron chi connectivity index (χ0n) is 17.4. The number of aromatic nitrogens is 2. The van der Waals surface area contributed by atoms with E-state index in [1.807, 2.05) is 18.2 Å². The van der Waals surface area contributed by atoms with Gasteiger partial charge in [0, 0.05) is 38.1 Å². The monoisotopic (exact) mass is 431 g/mol. The van der Waals surface area contributed by atoms with E-state index >= 15 is 0 Å². The summed E-state index contributed by atoms with van der Waals surface area (Å²) in [4.78, 5) is 21.4. The van der Waals surface area contributed by atoms with Crippen molar-refractivity contribution in [3.05, 3.63) is 35.5 Å². The second-order valence-electron chi connectivity index (χ2n) is 7.38. The van der Waals surface area contributed by atoms with Crippen LogP contribution in [0.1, 0.15) is 32.6 Å². The Hall–Kier alpha value is -2.22. The number of halogens is 1. The van der Waals surface area contributed by atoms with Crippen molar-refractivity contribution in [1.29, 1.82) is 0 Å². The Morgan fingerprint density at radius 3 is 3.03 bits per heavy atom. The molecule has 1 amide bonds. The molecule has 30 heavy (non-hydrogen) atoms. The number of amides is 1. The summed E-state index contributed by atoms with van der Waals surface area (Å²) < 4.78 is 5.49. The molecule has 8 heteroatoms. The highest BCUT2D eigenvalue weighted by Gasteiger charge is 2.21. The van der Waals surface area contributed by atoms with Crippen molar-refractivity contribution in [1.82, 2.24) is 15.3 Å². The summed E-state index contributed by atoms with van der Waals surface area (Å²) >= 11 is 6.38. The molecule has 0 bridgehead atoms. The van der Waals surface area contributed by atoms with Crippen LogP contribution in [-0.4, -0.2) is 48.7 Å². The minimum absolute atomic E-state index is 0.0170. The molecule has 2 aromatic heterocycles. The first-order chi connectivity index (χ1) is 14.7. The van der Waals surface area contributed by atoms with Crippen molar-refractivity contribution in [2.45, 2.75) is 32.6 Å². The Morgan fingerprint density at radius 1 is 1.33 bits per heavy atom. The quantitative estimate of drug-likeness (QED) is 0.493. The van der Waals surface area contributed by atoms with E-state index in [0.29, 0.717) is 17.4 Å². The SMILES string of the molecule is CCCOCCCNc1cccc(-c2cc(NC(=O)C3CCCNC3)ncc2Cl)n1. The van der Waals surface area contributed by atoms with Crippen molar-refractivity contribution in [2.24, 2.45) is 5.92 Å². The normalized spacial score (nSPS) is 16.3. The Morgan fingerprint density at radius 2 is 2.23 bits per heavy atom. The first-order valence-electron chi connectivity index (χ1n) is 10.6. The Labute approximate surface area is 183 Å². The van der Waals surface area contributed by atoms with Crippen LogP contribution < -0.4 is 16.0 Å². The maximum Gasteiger partial charge on any atom is 0.229 e. The highest BCUT2D eigenvalue weighted by molar-refractivity contribution is 6.33. The average Bonchev–Trinajstić information content (AvgIpc) is 2.78. The average molecular weight is 432 g/mol. The molecule has 3 rings (SSSR count). The summed E-state index contributed by atoms with van der Waals surface area (Å²) in [5.41, 5.74) is 1.46. The fourth-order valence-corrected chi connectivity index (χ4v) is 3.53. The number of anilines is 2. The van der Waals surface area contributed by atoms with Crippen LogP contribution in [0.25, 0.3) is 11.3 Å². The fourth-order valence-electron chi connectivity index (χ4n) is 3.33. The minimum Gasteiger partial charge on any atom is -0.381 e. The van der Waals surface area contributed by atoms with Crippen LogP contribution in [0.4, 0.5) is 11.6 Å². The molecule has 2 aromatic rings. The lowest BCUT2D eigenvalue weighted by atomic mass is 9.99. The van der Waals surface area contributed by atoms with Gasteiger partial charge in [0.15, 0.2) is 0 Å². The van der Waals surface area contributed by atoms with E-state index in [2.05, 4.69) is 32.8 Å². The van der Waals surface area contributed by atoms with Gasteiger partial charge in [0.05, 0.1) is 16.6 Å². The maximum absolute atomic E-state index is 12.5. The van der Waals surface area contributed by atoms with Crippen LogP contribution in [0.3, 0.4) is 0 Å². The number of hydrogen-bond donors (Lipinski definition) is 3. The Kier molecular flexibility index (Phi) is 8.86. The zero-order chi connectivity index (χ0) is 21.2. The van der Waals surface area contributed by atoms with Gasteiger partial charge in [-0.3, -0.25) is 4.79 Å². The van der Waals surface area contributed by atoms with Crippen molar-refractivity contribution >= 4 is 29.1 Å². The molecule has 1 aliphatic heterocycles. The van der Waals surface area contributed by atoms with Crippen LogP contribution in [-0.2, 0) is 9.53 Å². The van der Waals surface area contributed by atoms with Crippen molar-refractivity contribution in [2.75, 3.05) is 43.5 Å². The number of hydrogen-bond acceptors (Lipinski definition) is 6. The third kappa shape index (κ3) is 6.65. The minimum atomic E-state index is -0.0355. The highest BCUT2D eigenvalue weighted by atomic mass is 35.5. The Bertz CT molecular complexity index is 827. The molecule has 0 aromatic carbocycles. The van der Waals surface area contributed by atoms with Gasteiger partial charge in [-0.15, -0.1) is 0 Å². The predicted molar refractivity (Wildman–Crippen MR) is 121 cm³/mol. The van der Waals surface area contributed by atoms with E-state index in [0.717, 1.165) is 69.1 Å². The summed E-state index contributed by atoms with van der Waals surface area (Å²) in [6.07, 6.45) is 5.39. The second kappa shape index (κ2) is 11.8. The molecule has 1 fully saturated rings. The van der Waals surface area contributed by atoms with Crippen LogP contribution in [0.15, 0.2) is 30.5 Å². The molecule has 1 atom stereocenters. The number of rotatable bonds is 10. The molecule has 162 valence electrons. The number of carbonyl (C=O) groups excluding carboxylic acids is 1. The van der Waals surface area contributed by atoms with Gasteiger partial charge in [0.25, 0.3) is 0 Å². The van der Waals surface area contributed by atoms with E-state index in [1.54, 1.807) is 12.3 Å². The van der Waals surface area contributed by atoms with Crippen LogP contribution in [0.5, 0.6) is 0 Å². The maximum atomic E-state index is 12.5. The molecule has 0 saturated carbocycles. The number of ether oxygens (including phenoxy) is 1. The zero-order valence-corrected chi connectivity index (χ0v) is 18.2. The van der Waals surface area contributed by atoms with Gasteiger partial charge in [-0.25, -0.2) is 9.97 Å². The molecule has 0 aliphatic carbocycles. The number of carbonyl (C=O) groups is 1. The number of pyridine rings is 2. The van der Waals surface area contributed by atoms with E-state index in [-0.39, 0.29) is 11.8 Å².